The number of hydrogen-bond donors (Lipinski definition) is 1. The third kappa shape index (κ3) is 3.63. The number of aromatic nitrogens is 1. The minimum atomic E-state index is 0.0370. The second kappa shape index (κ2) is 7.64. The summed E-state index contributed by atoms with van der Waals surface area (Å²) in [6.45, 7) is 6.95. The van der Waals surface area contributed by atoms with Crippen molar-refractivity contribution in [2.24, 2.45) is 0 Å². The number of ether oxygens (including phenoxy) is 1. The maximum atomic E-state index is 11.9. The summed E-state index contributed by atoms with van der Waals surface area (Å²) in [5.41, 5.74) is 2.99. The summed E-state index contributed by atoms with van der Waals surface area (Å²) >= 11 is 1.83. The summed E-state index contributed by atoms with van der Waals surface area (Å²) in [7, 11) is 1.78. The maximum absolute atomic E-state index is 11.9. The Morgan fingerprint density at radius 2 is 2.25 bits per heavy atom. The lowest BCUT2D eigenvalue weighted by atomic mass is 10.1. The topological polar surface area (TPSA) is 45.3 Å². The van der Waals surface area contributed by atoms with Crippen LogP contribution in [0.2, 0.25) is 0 Å². The molecule has 0 bridgehead atoms. The molecule has 1 N–H and O–H groups in total. The molecule has 130 valence electrons. The Labute approximate surface area is 147 Å². The first-order valence-electron chi connectivity index (χ1n) is 8.67. The number of aryl methyl sites for hydroxylation is 2. The number of thiophene rings is 1. The Morgan fingerprint density at radius 3 is 3.00 bits per heavy atom. The summed E-state index contributed by atoms with van der Waals surface area (Å²) < 4.78 is 5.35. The van der Waals surface area contributed by atoms with Crippen LogP contribution in [0.1, 0.15) is 35.9 Å². The van der Waals surface area contributed by atoms with Gasteiger partial charge in [0.15, 0.2) is 0 Å². The number of H-pyrrole nitrogens is 1. The molecule has 3 heterocycles. The average molecular weight is 346 g/mol. The molecule has 5 heteroatoms. The minimum Gasteiger partial charge on any atom is -0.383 e. The van der Waals surface area contributed by atoms with E-state index in [-0.39, 0.29) is 5.56 Å². The van der Waals surface area contributed by atoms with Gasteiger partial charge in [0, 0.05) is 46.3 Å². The molecule has 1 aliphatic heterocycles. The molecule has 0 amide bonds. The van der Waals surface area contributed by atoms with Crippen LogP contribution in [-0.4, -0.2) is 36.2 Å². The van der Waals surface area contributed by atoms with Gasteiger partial charge in [-0.1, -0.05) is 6.92 Å². The zero-order valence-corrected chi connectivity index (χ0v) is 15.5. The van der Waals surface area contributed by atoms with Crippen molar-refractivity contribution in [3.63, 3.8) is 0 Å². The molecule has 0 aliphatic carbocycles. The Bertz CT molecular complexity index is 750. The van der Waals surface area contributed by atoms with Crippen molar-refractivity contribution >= 4 is 11.3 Å². The Kier molecular flexibility index (Phi) is 5.54. The SMILES string of the molecule is CCc1cc(-c2ccc(CN3CCCC3COC)s2)c(C)[nH]c1=O. The fourth-order valence-corrected chi connectivity index (χ4v) is 4.58. The van der Waals surface area contributed by atoms with E-state index < -0.39 is 0 Å². The van der Waals surface area contributed by atoms with Crippen molar-refractivity contribution in [2.45, 2.75) is 45.7 Å². The molecule has 24 heavy (non-hydrogen) atoms. The van der Waals surface area contributed by atoms with Gasteiger partial charge in [0.25, 0.3) is 5.56 Å². The fraction of sp³-hybridized carbons (Fsp3) is 0.526. The van der Waals surface area contributed by atoms with Gasteiger partial charge in [0.1, 0.15) is 0 Å². The average Bonchev–Trinajstić information content (AvgIpc) is 3.19. The Morgan fingerprint density at radius 1 is 1.42 bits per heavy atom. The van der Waals surface area contributed by atoms with Crippen molar-refractivity contribution in [1.82, 2.24) is 9.88 Å². The van der Waals surface area contributed by atoms with E-state index >= 15 is 0 Å². The van der Waals surface area contributed by atoms with E-state index in [2.05, 4.69) is 22.0 Å². The molecule has 0 saturated carbocycles. The molecular weight excluding hydrogens is 320 g/mol. The van der Waals surface area contributed by atoms with Crippen LogP contribution in [0.25, 0.3) is 10.4 Å². The van der Waals surface area contributed by atoms with Crippen LogP contribution in [0.3, 0.4) is 0 Å². The van der Waals surface area contributed by atoms with Crippen LogP contribution in [0.5, 0.6) is 0 Å². The summed E-state index contributed by atoms with van der Waals surface area (Å²) in [6, 6.07) is 7.00. The molecule has 1 aliphatic rings. The van der Waals surface area contributed by atoms with Crippen LogP contribution in [-0.2, 0) is 17.7 Å². The highest BCUT2D eigenvalue weighted by atomic mass is 32.1. The first-order chi connectivity index (χ1) is 11.6. The molecule has 4 nitrogen and oxygen atoms in total. The molecule has 2 aromatic heterocycles. The number of rotatable bonds is 6. The van der Waals surface area contributed by atoms with Crippen LogP contribution in [0.15, 0.2) is 23.0 Å². The van der Waals surface area contributed by atoms with E-state index in [1.54, 1.807) is 7.11 Å². The lowest BCUT2D eigenvalue weighted by molar-refractivity contribution is 0.112. The minimum absolute atomic E-state index is 0.0370. The molecule has 2 aromatic rings. The van der Waals surface area contributed by atoms with Crippen LogP contribution in [0.4, 0.5) is 0 Å². The second-order valence-corrected chi connectivity index (χ2v) is 7.67. The zero-order valence-electron chi connectivity index (χ0n) is 14.7. The smallest absolute Gasteiger partial charge is 0.251 e. The maximum Gasteiger partial charge on any atom is 0.251 e. The van der Waals surface area contributed by atoms with E-state index in [0.29, 0.717) is 6.04 Å². The monoisotopic (exact) mass is 346 g/mol. The van der Waals surface area contributed by atoms with E-state index in [0.717, 1.165) is 42.9 Å². The third-order valence-electron chi connectivity index (χ3n) is 4.84. The number of pyridine rings is 1. The molecule has 1 unspecified atom stereocenters. The van der Waals surface area contributed by atoms with Gasteiger partial charge >= 0.3 is 0 Å². The highest BCUT2D eigenvalue weighted by Gasteiger charge is 2.24. The van der Waals surface area contributed by atoms with E-state index in [1.807, 2.05) is 31.3 Å². The molecule has 1 atom stereocenters. The third-order valence-corrected chi connectivity index (χ3v) is 5.94. The van der Waals surface area contributed by atoms with Crippen molar-refractivity contribution in [1.29, 1.82) is 0 Å². The highest BCUT2D eigenvalue weighted by molar-refractivity contribution is 7.15. The zero-order chi connectivity index (χ0) is 17.1. The fourth-order valence-electron chi connectivity index (χ4n) is 3.48. The lowest BCUT2D eigenvalue weighted by Gasteiger charge is -2.22. The highest BCUT2D eigenvalue weighted by Crippen LogP contribution is 2.32. The predicted octanol–water partition coefficient (Wildman–Crippen LogP) is 3.59. The molecule has 0 aromatic carbocycles. The number of methoxy groups -OCH3 is 1. The predicted molar refractivity (Wildman–Crippen MR) is 99.8 cm³/mol. The first-order valence-corrected chi connectivity index (χ1v) is 9.49. The molecular formula is C19H26N2O2S. The van der Waals surface area contributed by atoms with E-state index in [4.69, 9.17) is 4.74 Å². The van der Waals surface area contributed by atoms with Gasteiger partial charge in [0.2, 0.25) is 0 Å². The summed E-state index contributed by atoms with van der Waals surface area (Å²) in [5.74, 6) is 0. The van der Waals surface area contributed by atoms with E-state index in [9.17, 15) is 4.79 Å². The Hall–Kier alpha value is -1.43. The summed E-state index contributed by atoms with van der Waals surface area (Å²) in [4.78, 5) is 20.0. The quantitative estimate of drug-likeness (QED) is 0.869. The van der Waals surface area contributed by atoms with Gasteiger partial charge in [-0.25, -0.2) is 0 Å². The van der Waals surface area contributed by atoms with Crippen molar-refractivity contribution in [2.75, 3.05) is 20.3 Å². The molecule has 0 spiro atoms. The first kappa shape index (κ1) is 17.4. The standard InChI is InChI=1S/C19H26N2O2S/c1-4-14-10-17(13(2)20-19(14)22)18-8-7-16(24-18)11-21-9-5-6-15(21)12-23-3/h7-8,10,15H,4-6,9,11-12H2,1-3H3,(H,20,22). The molecule has 1 fully saturated rings. The molecule has 3 rings (SSSR count). The van der Waals surface area contributed by atoms with Gasteiger partial charge in [-0.05, 0) is 50.9 Å². The van der Waals surface area contributed by atoms with E-state index in [1.165, 1.54) is 22.6 Å². The van der Waals surface area contributed by atoms with Gasteiger partial charge in [-0.15, -0.1) is 11.3 Å². The lowest BCUT2D eigenvalue weighted by Crippen LogP contribution is -2.32. The number of hydrogen-bond acceptors (Lipinski definition) is 4. The van der Waals surface area contributed by atoms with Crippen LogP contribution < -0.4 is 5.56 Å². The Balaban J connectivity index is 1.80. The largest absolute Gasteiger partial charge is 0.383 e. The number of nitrogens with one attached hydrogen (secondary N) is 1. The number of aromatic amines is 1. The normalized spacial score (nSPS) is 18.4. The summed E-state index contributed by atoms with van der Waals surface area (Å²) in [5, 5.41) is 0. The second-order valence-electron chi connectivity index (χ2n) is 6.50. The van der Waals surface area contributed by atoms with Gasteiger partial charge in [0.05, 0.1) is 6.61 Å². The number of likely N-dealkylation sites (tertiary alicyclic amines) is 1. The van der Waals surface area contributed by atoms with Crippen LogP contribution in [0, 0.1) is 6.92 Å². The van der Waals surface area contributed by atoms with Gasteiger partial charge in [-0.2, -0.15) is 0 Å². The van der Waals surface area contributed by atoms with Gasteiger partial charge < -0.3 is 9.72 Å². The van der Waals surface area contributed by atoms with Crippen molar-refractivity contribution in [3.05, 3.63) is 44.7 Å². The van der Waals surface area contributed by atoms with Crippen LogP contribution >= 0.6 is 11.3 Å². The molecule has 0 radical (unpaired) electrons. The van der Waals surface area contributed by atoms with Crippen molar-refractivity contribution < 1.29 is 4.74 Å². The summed E-state index contributed by atoms with van der Waals surface area (Å²) in [6.07, 6.45) is 3.24. The number of nitrogens with zero attached hydrogens (tertiary/aromatic N) is 1. The van der Waals surface area contributed by atoms with Gasteiger partial charge in [-0.3, -0.25) is 9.69 Å². The van der Waals surface area contributed by atoms with Crippen molar-refractivity contribution in [3.8, 4) is 10.4 Å². The molecule has 1 saturated heterocycles.